The number of halogens is 1. The van der Waals surface area contributed by atoms with Crippen LogP contribution in [-0.2, 0) is 0 Å². The van der Waals surface area contributed by atoms with Crippen LogP contribution in [0.4, 0.5) is 10.4 Å². The van der Waals surface area contributed by atoms with Crippen molar-refractivity contribution < 1.29 is 18.4 Å². The van der Waals surface area contributed by atoms with Crippen LogP contribution in [0, 0.1) is 5.82 Å². The second-order valence-electron chi connectivity index (χ2n) is 9.85. The van der Waals surface area contributed by atoms with Gasteiger partial charge in [-0.25, -0.2) is 8.70 Å². The molecule has 3 heterocycles. The average molecular weight is 537 g/mol. The van der Waals surface area contributed by atoms with Crippen LogP contribution in [0.25, 0.3) is 0 Å². The minimum absolute atomic E-state index is 0.0398. The summed E-state index contributed by atoms with van der Waals surface area (Å²) in [6.07, 6.45) is 4.64. The van der Waals surface area contributed by atoms with Gasteiger partial charge in [0.2, 0.25) is 0 Å². The number of rotatable bonds is 9. The van der Waals surface area contributed by atoms with Crippen molar-refractivity contribution in [3.05, 3.63) is 35.4 Å². The van der Waals surface area contributed by atoms with Crippen molar-refractivity contribution in [2.24, 2.45) is 0 Å². The molecule has 0 amide bonds. The number of anilines is 1. The fraction of sp³-hybridized carbons (Fsp3) is 0.654. The molecule has 37 heavy (non-hydrogen) atoms. The molecule has 0 unspecified atom stereocenters. The molecule has 0 N–H and O–H groups in total. The summed E-state index contributed by atoms with van der Waals surface area (Å²) in [6, 6.07) is 5.34. The summed E-state index contributed by atoms with van der Waals surface area (Å²) >= 11 is 1.85. The molecule has 0 saturated carbocycles. The highest BCUT2D eigenvalue weighted by Gasteiger charge is 2.25. The van der Waals surface area contributed by atoms with Crippen molar-refractivity contribution in [1.29, 1.82) is 0 Å². The van der Waals surface area contributed by atoms with Gasteiger partial charge in [0.05, 0.1) is 5.56 Å². The van der Waals surface area contributed by atoms with Crippen molar-refractivity contribution in [1.82, 2.24) is 24.2 Å². The molecule has 0 spiro atoms. The van der Waals surface area contributed by atoms with Crippen LogP contribution in [0.5, 0.6) is 5.75 Å². The third-order valence-electron chi connectivity index (χ3n) is 6.84. The van der Waals surface area contributed by atoms with E-state index in [9.17, 15) is 9.18 Å². The molecular weight excluding hydrogens is 495 g/mol. The Morgan fingerprint density at radius 1 is 1.22 bits per heavy atom. The van der Waals surface area contributed by atoms with Crippen molar-refractivity contribution in [3.63, 3.8) is 0 Å². The molecule has 206 valence electrons. The van der Waals surface area contributed by atoms with E-state index in [4.69, 9.17) is 9.26 Å². The standard InChI is InChI=1S/C20H27FN4O3.C6H14N2S/c1-14(2)19-22-20(28-23-19)25-8-6-16(7-9-25)24(3)10-11-27-17-5-4-15(13-26)18(21)12-17;1-7-3-5-8(9-2)6-4-7/h4-5,12-14,16H,6-11H2,1-3H3;3-6H2,1-2H3. The molecule has 2 aliphatic rings. The number of aromatic nitrogens is 2. The zero-order valence-electron chi connectivity index (χ0n) is 22.7. The van der Waals surface area contributed by atoms with Gasteiger partial charge in [-0.15, -0.1) is 0 Å². The van der Waals surface area contributed by atoms with E-state index >= 15 is 0 Å². The Morgan fingerprint density at radius 2 is 1.92 bits per heavy atom. The highest BCUT2D eigenvalue weighted by Crippen LogP contribution is 2.22. The van der Waals surface area contributed by atoms with Crippen LogP contribution in [0.1, 0.15) is 48.8 Å². The van der Waals surface area contributed by atoms with E-state index in [2.05, 4.69) is 49.5 Å². The van der Waals surface area contributed by atoms with E-state index in [1.54, 1.807) is 6.07 Å². The lowest BCUT2D eigenvalue weighted by atomic mass is 10.0. The van der Waals surface area contributed by atoms with Gasteiger partial charge in [0.25, 0.3) is 0 Å². The molecular formula is C26H41FN6O3S. The molecule has 11 heteroatoms. The zero-order chi connectivity index (χ0) is 26.8. The van der Waals surface area contributed by atoms with Gasteiger partial charge in [0, 0.05) is 63.8 Å². The molecule has 1 aromatic heterocycles. The summed E-state index contributed by atoms with van der Waals surface area (Å²) in [7, 11) is 4.25. The second kappa shape index (κ2) is 14.7. The highest BCUT2D eigenvalue weighted by atomic mass is 32.2. The minimum atomic E-state index is -0.560. The molecule has 0 aliphatic carbocycles. The number of carbonyl (C=O) groups excluding carboxylic acids is 1. The Kier molecular flexibility index (Phi) is 11.6. The maximum absolute atomic E-state index is 13.6. The van der Waals surface area contributed by atoms with Crippen molar-refractivity contribution in [2.45, 2.75) is 38.6 Å². The molecule has 2 aromatic rings. The molecule has 0 radical (unpaired) electrons. The molecule has 2 saturated heterocycles. The van der Waals surface area contributed by atoms with Gasteiger partial charge >= 0.3 is 6.01 Å². The lowest BCUT2D eigenvalue weighted by Gasteiger charge is -2.35. The van der Waals surface area contributed by atoms with Gasteiger partial charge in [-0.05, 0) is 45.3 Å². The lowest BCUT2D eigenvalue weighted by molar-refractivity contribution is 0.111. The van der Waals surface area contributed by atoms with E-state index in [0.29, 0.717) is 30.7 Å². The minimum Gasteiger partial charge on any atom is -0.492 e. The monoisotopic (exact) mass is 536 g/mol. The smallest absolute Gasteiger partial charge is 0.324 e. The van der Waals surface area contributed by atoms with Crippen LogP contribution >= 0.6 is 11.9 Å². The number of aldehydes is 1. The number of hydrogen-bond acceptors (Lipinski definition) is 10. The van der Waals surface area contributed by atoms with Crippen LogP contribution in [0.15, 0.2) is 22.7 Å². The molecule has 0 atom stereocenters. The molecule has 2 fully saturated rings. The first-order chi connectivity index (χ1) is 17.8. The van der Waals surface area contributed by atoms with Crippen LogP contribution in [0.2, 0.25) is 0 Å². The van der Waals surface area contributed by atoms with Crippen LogP contribution in [-0.4, -0.2) is 109 Å². The number of benzene rings is 1. The van der Waals surface area contributed by atoms with Crippen molar-refractivity contribution in [3.8, 4) is 5.75 Å². The predicted octanol–water partition coefficient (Wildman–Crippen LogP) is 3.64. The number of piperazine rings is 1. The number of carbonyl (C=O) groups is 1. The van der Waals surface area contributed by atoms with Gasteiger partial charge in [0.1, 0.15) is 18.2 Å². The summed E-state index contributed by atoms with van der Waals surface area (Å²) in [5.74, 6) is 0.867. The van der Waals surface area contributed by atoms with Gasteiger partial charge < -0.3 is 19.1 Å². The van der Waals surface area contributed by atoms with Crippen LogP contribution < -0.4 is 9.64 Å². The van der Waals surface area contributed by atoms with E-state index < -0.39 is 5.82 Å². The summed E-state index contributed by atoms with van der Waals surface area (Å²) in [6.45, 7) is 11.9. The van der Waals surface area contributed by atoms with Crippen LogP contribution in [0.3, 0.4) is 0 Å². The molecule has 4 rings (SSSR count). The summed E-state index contributed by atoms with van der Waals surface area (Å²) < 4.78 is 27.0. The highest BCUT2D eigenvalue weighted by molar-refractivity contribution is 7.96. The number of ether oxygens (including phenoxy) is 1. The number of hydrogen-bond donors (Lipinski definition) is 0. The normalized spacial score (nSPS) is 17.7. The number of nitrogens with zero attached hydrogens (tertiary/aromatic N) is 6. The van der Waals surface area contributed by atoms with E-state index in [-0.39, 0.29) is 11.5 Å². The predicted molar refractivity (Wildman–Crippen MR) is 146 cm³/mol. The van der Waals surface area contributed by atoms with Gasteiger partial charge in [0.15, 0.2) is 12.1 Å². The second-order valence-corrected chi connectivity index (χ2v) is 10.7. The third kappa shape index (κ3) is 8.94. The fourth-order valence-corrected chi connectivity index (χ4v) is 4.77. The van der Waals surface area contributed by atoms with E-state index in [1.807, 2.05) is 25.8 Å². The van der Waals surface area contributed by atoms with Crippen molar-refractivity contribution >= 4 is 24.2 Å². The summed E-state index contributed by atoms with van der Waals surface area (Å²) in [5.41, 5.74) is 0.0398. The quantitative estimate of drug-likeness (QED) is 0.350. The van der Waals surface area contributed by atoms with Gasteiger partial charge in [-0.1, -0.05) is 31.0 Å². The maximum atomic E-state index is 13.6. The Hall–Kier alpha value is -2.21. The van der Waals surface area contributed by atoms with Gasteiger partial charge in [-0.3, -0.25) is 9.69 Å². The van der Waals surface area contributed by atoms with E-state index in [0.717, 1.165) is 38.3 Å². The van der Waals surface area contributed by atoms with Gasteiger partial charge in [-0.2, -0.15) is 4.98 Å². The summed E-state index contributed by atoms with van der Waals surface area (Å²) in [5, 5.41) is 4.03. The number of likely N-dealkylation sites (N-methyl/N-ethyl adjacent to an activating group) is 2. The molecule has 2 aliphatic heterocycles. The Morgan fingerprint density at radius 3 is 2.49 bits per heavy atom. The first kappa shape index (κ1) is 29.3. The lowest BCUT2D eigenvalue weighted by Crippen LogP contribution is -2.44. The first-order valence-electron chi connectivity index (χ1n) is 12.9. The average Bonchev–Trinajstić information content (AvgIpc) is 3.41. The molecule has 1 aromatic carbocycles. The Balaban J connectivity index is 0.000000356. The van der Waals surface area contributed by atoms with Crippen molar-refractivity contribution in [2.75, 3.05) is 77.7 Å². The maximum Gasteiger partial charge on any atom is 0.324 e. The Labute approximate surface area is 224 Å². The van der Waals surface area contributed by atoms with E-state index in [1.165, 1.54) is 38.3 Å². The fourth-order valence-electron chi connectivity index (χ4n) is 4.24. The first-order valence-corrected chi connectivity index (χ1v) is 14.1. The topological polar surface area (TPSA) is 78.2 Å². The summed E-state index contributed by atoms with van der Waals surface area (Å²) in [4.78, 5) is 21.9. The zero-order valence-corrected chi connectivity index (χ0v) is 23.5. The largest absolute Gasteiger partial charge is 0.492 e. The Bertz CT molecular complexity index is 962. The third-order valence-corrected chi connectivity index (χ3v) is 7.72. The molecule has 9 nitrogen and oxygen atoms in total. The SMILES string of the molecule is CC(C)c1noc(N2CCC(N(C)CCOc3ccc(C=O)c(F)c3)CC2)n1.CSN1CCN(C)CC1. The molecule has 0 bridgehead atoms. The number of piperidine rings is 1.